The van der Waals surface area contributed by atoms with Crippen LogP contribution in [0.1, 0.15) is 12.0 Å². The number of hydrogen-bond acceptors (Lipinski definition) is 3. The maximum atomic E-state index is 12.7. The molecule has 0 aromatic heterocycles. The molecular weight excluding hydrogens is 356 g/mol. The van der Waals surface area contributed by atoms with Gasteiger partial charge in [0.2, 0.25) is 11.8 Å². The minimum absolute atomic E-state index is 0.294. The molecule has 124 valence electrons. The van der Waals surface area contributed by atoms with E-state index < -0.39 is 18.2 Å². The summed E-state index contributed by atoms with van der Waals surface area (Å²) >= 11 is 11.6. The zero-order valence-electron chi connectivity index (χ0n) is 12.2. The van der Waals surface area contributed by atoms with Crippen LogP contribution < -0.4 is 10.7 Å². The number of carbonyl (C=O) groups is 2. The lowest BCUT2D eigenvalue weighted by molar-refractivity contribution is -0.126. The summed E-state index contributed by atoms with van der Waals surface area (Å²) < 4.78 is 12.7. The fourth-order valence-electron chi connectivity index (χ4n) is 1.69. The van der Waals surface area contributed by atoms with Gasteiger partial charge >= 0.3 is 0 Å². The highest BCUT2D eigenvalue weighted by Crippen LogP contribution is 2.24. The van der Waals surface area contributed by atoms with Gasteiger partial charge in [0.1, 0.15) is 12.2 Å². The van der Waals surface area contributed by atoms with E-state index in [0.29, 0.717) is 21.3 Å². The van der Waals surface area contributed by atoms with Gasteiger partial charge in [-0.25, -0.2) is 9.82 Å². The SMILES string of the molecule is O=C(CC(=O)Nc1ccc(Cl)c(Cl)c1)N/N=C\c1ccc(F)cc1. The van der Waals surface area contributed by atoms with Gasteiger partial charge in [-0.1, -0.05) is 35.3 Å². The van der Waals surface area contributed by atoms with E-state index in [1.165, 1.54) is 42.6 Å². The van der Waals surface area contributed by atoms with Crippen molar-refractivity contribution in [2.24, 2.45) is 5.10 Å². The minimum Gasteiger partial charge on any atom is -0.326 e. The number of hydrogen-bond donors (Lipinski definition) is 2. The Morgan fingerprint density at radius 2 is 1.75 bits per heavy atom. The highest BCUT2D eigenvalue weighted by atomic mass is 35.5. The number of amides is 2. The normalized spacial score (nSPS) is 10.6. The van der Waals surface area contributed by atoms with E-state index in [0.717, 1.165) is 0 Å². The Balaban J connectivity index is 1.81. The highest BCUT2D eigenvalue weighted by molar-refractivity contribution is 6.42. The molecule has 2 rings (SSSR count). The number of nitrogens with one attached hydrogen (secondary N) is 2. The van der Waals surface area contributed by atoms with Crippen molar-refractivity contribution in [2.45, 2.75) is 6.42 Å². The van der Waals surface area contributed by atoms with Crippen LogP contribution in [-0.2, 0) is 9.59 Å². The fraction of sp³-hybridized carbons (Fsp3) is 0.0625. The van der Waals surface area contributed by atoms with E-state index in [9.17, 15) is 14.0 Å². The van der Waals surface area contributed by atoms with Gasteiger partial charge in [-0.05, 0) is 35.9 Å². The van der Waals surface area contributed by atoms with Crippen LogP contribution >= 0.6 is 23.2 Å². The van der Waals surface area contributed by atoms with Crippen LogP contribution in [0.15, 0.2) is 47.6 Å². The number of anilines is 1. The van der Waals surface area contributed by atoms with Gasteiger partial charge in [0.25, 0.3) is 0 Å². The molecule has 2 aromatic rings. The van der Waals surface area contributed by atoms with Gasteiger partial charge in [-0.2, -0.15) is 5.10 Å². The summed E-state index contributed by atoms with van der Waals surface area (Å²) in [4.78, 5) is 23.4. The van der Waals surface area contributed by atoms with Gasteiger partial charge in [0, 0.05) is 5.69 Å². The first-order valence-corrected chi connectivity index (χ1v) is 7.52. The Morgan fingerprint density at radius 1 is 1.04 bits per heavy atom. The van der Waals surface area contributed by atoms with Crippen molar-refractivity contribution in [1.82, 2.24) is 5.43 Å². The molecule has 0 saturated carbocycles. The summed E-state index contributed by atoms with van der Waals surface area (Å²) in [6, 6.07) is 10.1. The van der Waals surface area contributed by atoms with Crippen LogP contribution in [-0.4, -0.2) is 18.0 Å². The second-order valence-corrected chi connectivity index (χ2v) is 5.51. The summed E-state index contributed by atoms with van der Waals surface area (Å²) in [5.74, 6) is -1.48. The molecule has 2 amide bonds. The van der Waals surface area contributed by atoms with Crippen molar-refractivity contribution >= 4 is 46.9 Å². The van der Waals surface area contributed by atoms with Crippen LogP contribution in [0.3, 0.4) is 0 Å². The lowest BCUT2D eigenvalue weighted by Crippen LogP contribution is -2.24. The monoisotopic (exact) mass is 367 g/mol. The molecule has 0 unspecified atom stereocenters. The standard InChI is InChI=1S/C16H12Cl2FN3O2/c17-13-6-5-12(7-14(13)18)21-15(23)8-16(24)22-20-9-10-1-3-11(19)4-2-10/h1-7,9H,8H2,(H,21,23)(H,22,24)/b20-9-. The van der Waals surface area contributed by atoms with Crippen LogP contribution in [0, 0.1) is 5.82 Å². The van der Waals surface area contributed by atoms with Crippen LogP contribution in [0.4, 0.5) is 10.1 Å². The van der Waals surface area contributed by atoms with E-state index in [2.05, 4.69) is 15.8 Å². The molecule has 0 aliphatic heterocycles. The topological polar surface area (TPSA) is 70.6 Å². The lowest BCUT2D eigenvalue weighted by atomic mass is 10.2. The molecule has 0 saturated heterocycles. The van der Waals surface area contributed by atoms with Gasteiger partial charge < -0.3 is 5.32 Å². The van der Waals surface area contributed by atoms with Crippen molar-refractivity contribution in [2.75, 3.05) is 5.32 Å². The molecule has 8 heteroatoms. The second kappa shape index (κ2) is 8.42. The van der Waals surface area contributed by atoms with E-state index in [4.69, 9.17) is 23.2 Å². The summed E-state index contributed by atoms with van der Waals surface area (Å²) in [7, 11) is 0. The molecule has 0 atom stereocenters. The molecule has 0 spiro atoms. The Hall–Kier alpha value is -2.44. The van der Waals surface area contributed by atoms with Crippen molar-refractivity contribution in [3.63, 3.8) is 0 Å². The van der Waals surface area contributed by atoms with Crippen molar-refractivity contribution < 1.29 is 14.0 Å². The first kappa shape index (κ1) is 17.9. The van der Waals surface area contributed by atoms with Crippen LogP contribution in [0.2, 0.25) is 10.0 Å². The largest absolute Gasteiger partial charge is 0.326 e. The Bertz CT molecular complexity index is 779. The summed E-state index contributed by atoms with van der Waals surface area (Å²) in [6.07, 6.45) is 0.926. The molecule has 0 aliphatic rings. The van der Waals surface area contributed by atoms with Crippen molar-refractivity contribution in [1.29, 1.82) is 0 Å². The Labute approximate surface area is 147 Å². The van der Waals surface area contributed by atoms with Crippen LogP contribution in [0.25, 0.3) is 0 Å². The fourth-order valence-corrected chi connectivity index (χ4v) is 1.99. The molecule has 0 radical (unpaired) electrons. The highest BCUT2D eigenvalue weighted by Gasteiger charge is 2.09. The predicted octanol–water partition coefficient (Wildman–Crippen LogP) is 3.61. The molecule has 2 N–H and O–H groups in total. The molecule has 5 nitrogen and oxygen atoms in total. The van der Waals surface area contributed by atoms with Gasteiger partial charge in [0.15, 0.2) is 0 Å². The molecular formula is C16H12Cl2FN3O2. The Morgan fingerprint density at radius 3 is 2.42 bits per heavy atom. The third kappa shape index (κ3) is 5.64. The van der Waals surface area contributed by atoms with E-state index in [1.807, 2.05) is 0 Å². The number of hydrazone groups is 1. The van der Waals surface area contributed by atoms with Crippen LogP contribution in [0.5, 0.6) is 0 Å². The first-order chi connectivity index (χ1) is 11.4. The quantitative estimate of drug-likeness (QED) is 0.481. The van der Waals surface area contributed by atoms with Gasteiger partial charge in [0.05, 0.1) is 16.3 Å². The number of halogens is 3. The van der Waals surface area contributed by atoms with Crippen molar-refractivity contribution in [3.8, 4) is 0 Å². The molecule has 0 bridgehead atoms. The van der Waals surface area contributed by atoms with E-state index in [1.54, 1.807) is 6.07 Å². The third-order valence-corrected chi connectivity index (χ3v) is 3.54. The molecule has 0 heterocycles. The van der Waals surface area contributed by atoms with Crippen molar-refractivity contribution in [3.05, 3.63) is 63.9 Å². The van der Waals surface area contributed by atoms with E-state index in [-0.39, 0.29) is 5.82 Å². The molecule has 0 aliphatic carbocycles. The average molecular weight is 368 g/mol. The van der Waals surface area contributed by atoms with Gasteiger partial charge in [-0.3, -0.25) is 9.59 Å². The average Bonchev–Trinajstić information content (AvgIpc) is 2.53. The summed E-state index contributed by atoms with van der Waals surface area (Å²) in [5, 5.41) is 6.87. The minimum atomic E-state index is -0.592. The predicted molar refractivity (Wildman–Crippen MR) is 91.8 cm³/mol. The second-order valence-electron chi connectivity index (χ2n) is 4.70. The first-order valence-electron chi connectivity index (χ1n) is 6.76. The molecule has 2 aromatic carbocycles. The van der Waals surface area contributed by atoms with E-state index >= 15 is 0 Å². The molecule has 24 heavy (non-hydrogen) atoms. The maximum Gasteiger partial charge on any atom is 0.249 e. The zero-order valence-corrected chi connectivity index (χ0v) is 13.7. The number of nitrogens with zero attached hydrogens (tertiary/aromatic N) is 1. The third-order valence-electron chi connectivity index (χ3n) is 2.80. The summed E-state index contributed by atoms with van der Waals surface area (Å²) in [5.41, 5.74) is 3.25. The summed E-state index contributed by atoms with van der Waals surface area (Å²) in [6.45, 7) is 0. The lowest BCUT2D eigenvalue weighted by Gasteiger charge is -2.05. The Kier molecular flexibility index (Phi) is 6.28. The molecule has 0 fully saturated rings. The number of rotatable bonds is 5. The number of benzene rings is 2. The number of carbonyl (C=O) groups excluding carboxylic acids is 2. The van der Waals surface area contributed by atoms with Gasteiger partial charge in [-0.15, -0.1) is 0 Å². The smallest absolute Gasteiger partial charge is 0.249 e. The maximum absolute atomic E-state index is 12.7. The zero-order chi connectivity index (χ0) is 17.5.